The summed E-state index contributed by atoms with van der Waals surface area (Å²) in [5.41, 5.74) is 20.2. The Kier molecular flexibility index (Phi) is 13.3. The molecule has 0 aliphatic rings. The molecule has 0 spiro atoms. The summed E-state index contributed by atoms with van der Waals surface area (Å²) >= 11 is 5.81. The molecule has 1 heterocycles. The number of aryl methyl sites for hydroxylation is 2. The molecule has 0 radical (unpaired) electrons. The topological polar surface area (TPSA) is 227 Å². The maximum absolute atomic E-state index is 12.3. The average Bonchev–Trinajstić information content (AvgIpc) is 2.99. The molecule has 13 nitrogen and oxygen atoms in total. The highest BCUT2D eigenvalue weighted by molar-refractivity contribution is 6.31. The number of nitrogens with zero attached hydrogens (tertiary/aromatic N) is 3. The van der Waals surface area contributed by atoms with E-state index >= 15 is 0 Å². The van der Waals surface area contributed by atoms with Crippen LogP contribution in [0.1, 0.15) is 72.8 Å². The van der Waals surface area contributed by atoms with Gasteiger partial charge in [-0.2, -0.15) is 0 Å². The Labute approximate surface area is 267 Å². The number of nitrogens with one attached hydrogen (secondary N) is 3. The Balaban J connectivity index is 1.31. The van der Waals surface area contributed by atoms with Crippen LogP contribution < -0.4 is 33.2 Å². The van der Waals surface area contributed by atoms with Gasteiger partial charge in [0.1, 0.15) is 5.75 Å². The van der Waals surface area contributed by atoms with Crippen molar-refractivity contribution in [3.8, 4) is 5.75 Å². The molecule has 0 fully saturated rings. The summed E-state index contributed by atoms with van der Waals surface area (Å²) in [5.74, 6) is -1.27. The van der Waals surface area contributed by atoms with Crippen molar-refractivity contribution >= 4 is 46.7 Å². The van der Waals surface area contributed by atoms with Crippen molar-refractivity contribution in [1.82, 2.24) is 20.6 Å². The van der Waals surface area contributed by atoms with Gasteiger partial charge >= 0.3 is 0 Å². The predicted octanol–water partition coefficient (Wildman–Crippen LogP) is 3.06. The van der Waals surface area contributed by atoms with Gasteiger partial charge in [0.2, 0.25) is 5.91 Å². The van der Waals surface area contributed by atoms with Gasteiger partial charge in [-0.25, -0.2) is 9.97 Å². The van der Waals surface area contributed by atoms with E-state index in [-0.39, 0.29) is 51.8 Å². The zero-order valence-electron chi connectivity index (χ0n) is 25.5. The molecule has 0 aliphatic carbocycles. The molecule has 45 heavy (non-hydrogen) atoms. The molecular weight excluding hydrogens is 598 g/mol. The number of nitrogens with two attached hydrogens (primary N) is 3. The van der Waals surface area contributed by atoms with Gasteiger partial charge < -0.3 is 38.0 Å². The molecule has 0 aliphatic heterocycles. The molecule has 14 heteroatoms. The normalized spacial score (nSPS) is 12.8. The molecule has 3 rings (SSSR count). The number of amides is 2. The van der Waals surface area contributed by atoms with Crippen molar-refractivity contribution < 1.29 is 19.8 Å². The minimum atomic E-state index is -0.770. The lowest BCUT2D eigenvalue weighted by Gasteiger charge is -2.18. The summed E-state index contributed by atoms with van der Waals surface area (Å²) in [6.45, 7) is 4.25. The van der Waals surface area contributed by atoms with Crippen LogP contribution in [0.5, 0.6) is 5.75 Å². The lowest BCUT2D eigenvalue weighted by molar-refractivity contribution is -0.114. The Morgan fingerprint density at radius 3 is 2.33 bits per heavy atom. The van der Waals surface area contributed by atoms with Gasteiger partial charge in [0, 0.05) is 26.1 Å². The first-order valence-electron chi connectivity index (χ1n) is 14.7. The molecule has 11 N–H and O–H groups in total. The second kappa shape index (κ2) is 17.1. The van der Waals surface area contributed by atoms with E-state index in [0.717, 1.165) is 38.5 Å². The fraction of sp³-hybridized carbons (Fsp3) is 0.387. The number of aliphatic imine (C=N–C) groups is 1. The number of benzene rings is 2. The number of aliphatic hydroxyl groups excluding tert-OH is 1. The maximum atomic E-state index is 12.3. The van der Waals surface area contributed by atoms with Crippen molar-refractivity contribution in [1.29, 1.82) is 0 Å². The first kappa shape index (κ1) is 35.0. The third-order valence-corrected chi connectivity index (χ3v) is 7.30. The maximum Gasteiger partial charge on any atom is 0.280 e. The lowest BCUT2D eigenvalue weighted by atomic mass is 10.0. The first-order valence-corrected chi connectivity index (χ1v) is 15.1. The average molecular weight is 640 g/mol. The highest BCUT2D eigenvalue weighted by atomic mass is 35.5. The number of carbonyl (C=O) groups is 2. The van der Waals surface area contributed by atoms with Crippen molar-refractivity contribution in [2.75, 3.05) is 29.9 Å². The fourth-order valence-corrected chi connectivity index (χ4v) is 4.66. The minimum Gasteiger partial charge on any atom is -0.506 e. The SMILES string of the molecule is CC(=O)Nc1cc([C@H](O)CN[C@@H](C)CCCc2ccc(CCCCN=C(N)NC(=O)c3nc(Cl)c(N)nc3N)cc2)ccc1O. The first-order chi connectivity index (χ1) is 21.4. The van der Waals surface area contributed by atoms with Crippen molar-refractivity contribution in [3.05, 3.63) is 70.0 Å². The zero-order valence-corrected chi connectivity index (χ0v) is 26.3. The smallest absolute Gasteiger partial charge is 0.280 e. The molecule has 2 amide bonds. The van der Waals surface area contributed by atoms with Crippen LogP contribution in [0.25, 0.3) is 0 Å². The lowest BCUT2D eigenvalue weighted by Crippen LogP contribution is -2.38. The van der Waals surface area contributed by atoms with Crippen LogP contribution in [0.4, 0.5) is 17.3 Å². The van der Waals surface area contributed by atoms with Gasteiger partial charge in [-0.1, -0.05) is 41.9 Å². The van der Waals surface area contributed by atoms with E-state index in [0.29, 0.717) is 18.7 Å². The van der Waals surface area contributed by atoms with E-state index < -0.39 is 12.0 Å². The summed E-state index contributed by atoms with van der Waals surface area (Å²) in [6.07, 6.45) is 4.71. The van der Waals surface area contributed by atoms with Crippen molar-refractivity contribution in [2.24, 2.45) is 10.7 Å². The number of halogens is 1. The van der Waals surface area contributed by atoms with Gasteiger partial charge in [-0.3, -0.25) is 19.9 Å². The Hall–Kier alpha value is -4.46. The number of hydrogen-bond donors (Lipinski definition) is 8. The number of aromatic nitrogens is 2. The van der Waals surface area contributed by atoms with Crippen LogP contribution in [0.3, 0.4) is 0 Å². The van der Waals surface area contributed by atoms with Crippen LogP contribution in [0, 0.1) is 0 Å². The Morgan fingerprint density at radius 2 is 1.67 bits per heavy atom. The monoisotopic (exact) mass is 639 g/mol. The molecule has 0 saturated heterocycles. The summed E-state index contributed by atoms with van der Waals surface area (Å²) < 4.78 is 0. The predicted molar refractivity (Wildman–Crippen MR) is 177 cm³/mol. The van der Waals surface area contributed by atoms with Crippen LogP contribution in [0.15, 0.2) is 47.5 Å². The quantitative estimate of drug-likeness (QED) is 0.0524. The number of unbranched alkanes of at least 4 members (excludes halogenated alkanes) is 1. The molecule has 242 valence electrons. The Morgan fingerprint density at radius 1 is 1.00 bits per heavy atom. The van der Waals surface area contributed by atoms with Crippen LogP contribution in [-0.2, 0) is 17.6 Å². The number of phenols is 1. The Bertz CT molecular complexity index is 1480. The number of anilines is 3. The van der Waals surface area contributed by atoms with E-state index in [1.165, 1.54) is 24.1 Å². The zero-order chi connectivity index (χ0) is 32.9. The second-order valence-corrected chi connectivity index (χ2v) is 11.2. The highest BCUT2D eigenvalue weighted by Gasteiger charge is 2.17. The van der Waals surface area contributed by atoms with E-state index in [1.807, 2.05) is 0 Å². The van der Waals surface area contributed by atoms with E-state index in [4.69, 9.17) is 28.8 Å². The number of nitrogen functional groups attached to an aromatic ring is 2. The third kappa shape index (κ3) is 11.5. The number of phenolic OH excluding ortho intramolecular Hbond substituents is 1. The summed E-state index contributed by atoms with van der Waals surface area (Å²) in [5, 5.41) is 28.7. The molecule has 0 saturated carbocycles. The second-order valence-electron chi connectivity index (χ2n) is 10.8. The van der Waals surface area contributed by atoms with E-state index in [1.54, 1.807) is 12.1 Å². The largest absolute Gasteiger partial charge is 0.506 e. The van der Waals surface area contributed by atoms with E-state index in [2.05, 4.69) is 62.1 Å². The van der Waals surface area contributed by atoms with Gasteiger partial charge in [0.25, 0.3) is 5.91 Å². The minimum absolute atomic E-state index is 0.0447. The number of hydrogen-bond acceptors (Lipinski definition) is 10. The number of rotatable bonds is 15. The van der Waals surface area contributed by atoms with Gasteiger partial charge in [-0.15, -0.1) is 0 Å². The van der Waals surface area contributed by atoms with Gasteiger partial charge in [-0.05, 0) is 74.3 Å². The molecule has 2 aromatic carbocycles. The number of aliphatic hydroxyl groups is 1. The molecule has 2 atom stereocenters. The summed E-state index contributed by atoms with van der Waals surface area (Å²) in [7, 11) is 0. The molecular formula is C31H42ClN9O4. The number of aromatic hydroxyl groups is 1. The summed E-state index contributed by atoms with van der Waals surface area (Å²) in [4.78, 5) is 35.4. The number of guanidine groups is 1. The van der Waals surface area contributed by atoms with Crippen molar-refractivity contribution in [2.45, 2.75) is 64.5 Å². The van der Waals surface area contributed by atoms with Crippen molar-refractivity contribution in [3.63, 3.8) is 0 Å². The van der Waals surface area contributed by atoms with Gasteiger partial charge in [0.05, 0.1) is 11.8 Å². The molecule has 3 aromatic rings. The summed E-state index contributed by atoms with van der Waals surface area (Å²) in [6, 6.07) is 13.5. The van der Waals surface area contributed by atoms with Gasteiger partial charge in [0.15, 0.2) is 28.4 Å². The van der Waals surface area contributed by atoms with Crippen LogP contribution >= 0.6 is 11.6 Å². The molecule has 1 aromatic heterocycles. The third-order valence-electron chi connectivity index (χ3n) is 7.02. The highest BCUT2D eigenvalue weighted by Crippen LogP contribution is 2.27. The fourth-order valence-electron chi connectivity index (χ4n) is 4.53. The van der Waals surface area contributed by atoms with Crippen LogP contribution in [0.2, 0.25) is 5.15 Å². The number of carbonyl (C=O) groups excluding carboxylic acids is 2. The molecule has 0 unspecified atom stereocenters. The van der Waals surface area contributed by atoms with Crippen LogP contribution in [-0.4, -0.2) is 57.1 Å². The standard InChI is InChI=1S/C31H42ClN9O4/c1-18(37-17-25(44)22-13-14-24(43)23(16-22)38-19(2)42)6-5-8-21-11-9-20(10-12-21)7-3-4-15-36-31(35)41-30(45)26-28(33)40-29(34)27(32)39-26/h9-14,16,18,25,37,43-44H,3-8,15,17H2,1-2H3,(H,38,42)(H4,33,34,40)(H3,35,36,41,45)/t18-,25+/m0/s1. The molecule has 0 bridgehead atoms. The van der Waals surface area contributed by atoms with E-state index in [9.17, 15) is 19.8 Å².